The first kappa shape index (κ1) is 12.4. The van der Waals surface area contributed by atoms with Crippen LogP contribution in [0.1, 0.15) is 37.7 Å². The molecule has 1 aliphatic heterocycles. The third-order valence-corrected chi connectivity index (χ3v) is 5.30. The molecule has 1 saturated carbocycles. The minimum atomic E-state index is -0.0941. The van der Waals surface area contributed by atoms with Crippen LogP contribution in [0.25, 0.3) is 0 Å². The molecule has 1 heterocycles. The molecule has 1 saturated heterocycles. The molecule has 2 aliphatic rings. The fourth-order valence-corrected chi connectivity index (χ4v) is 3.38. The van der Waals surface area contributed by atoms with Crippen LogP contribution < -0.4 is 10.5 Å². The molecule has 0 spiro atoms. The zero-order valence-electron chi connectivity index (χ0n) is 10.7. The van der Waals surface area contributed by atoms with Gasteiger partial charge in [0.2, 0.25) is 0 Å². The molecular formula is C15H21NOS. The van der Waals surface area contributed by atoms with Gasteiger partial charge in [0, 0.05) is 17.0 Å². The van der Waals surface area contributed by atoms with Crippen molar-refractivity contribution in [2.75, 3.05) is 11.5 Å². The van der Waals surface area contributed by atoms with Crippen molar-refractivity contribution >= 4 is 11.8 Å². The molecule has 1 aliphatic carbocycles. The Bertz CT molecular complexity index is 393. The molecule has 2 nitrogen and oxygen atoms in total. The maximum atomic E-state index is 6.52. The average molecular weight is 263 g/mol. The normalized spacial score (nSPS) is 23.4. The zero-order valence-corrected chi connectivity index (χ0v) is 11.5. The van der Waals surface area contributed by atoms with Crippen LogP contribution in [0, 0.1) is 0 Å². The van der Waals surface area contributed by atoms with Crippen molar-refractivity contribution in [3.63, 3.8) is 0 Å². The van der Waals surface area contributed by atoms with Crippen molar-refractivity contribution in [3.8, 4) is 5.75 Å². The number of hydrogen-bond donors (Lipinski definition) is 1. The zero-order chi connectivity index (χ0) is 12.4. The van der Waals surface area contributed by atoms with Gasteiger partial charge in [0.15, 0.2) is 0 Å². The van der Waals surface area contributed by atoms with E-state index in [1.807, 2.05) is 11.8 Å². The summed E-state index contributed by atoms with van der Waals surface area (Å²) in [6, 6.07) is 8.49. The van der Waals surface area contributed by atoms with Gasteiger partial charge in [0.1, 0.15) is 11.9 Å². The first-order valence-electron chi connectivity index (χ1n) is 6.90. The summed E-state index contributed by atoms with van der Waals surface area (Å²) < 4.78 is 5.86. The Labute approximate surface area is 113 Å². The van der Waals surface area contributed by atoms with Crippen LogP contribution in [0.3, 0.4) is 0 Å². The molecule has 0 radical (unpaired) electrons. The van der Waals surface area contributed by atoms with Crippen LogP contribution in [0.15, 0.2) is 24.3 Å². The third kappa shape index (κ3) is 2.52. The molecular weight excluding hydrogens is 242 g/mol. The third-order valence-electron chi connectivity index (χ3n) is 4.09. The highest BCUT2D eigenvalue weighted by Crippen LogP contribution is 2.35. The summed E-state index contributed by atoms with van der Waals surface area (Å²) in [4.78, 5) is 0. The highest BCUT2D eigenvalue weighted by atomic mass is 32.2. The SMILES string of the molecule is NC1(c2ccc(OC3CSC3)cc2)CCCCC1. The summed E-state index contributed by atoms with van der Waals surface area (Å²) in [6.45, 7) is 0. The molecule has 98 valence electrons. The fraction of sp³-hybridized carbons (Fsp3) is 0.600. The lowest BCUT2D eigenvalue weighted by Crippen LogP contribution is -2.38. The predicted octanol–water partition coefficient (Wildman–Crippen LogP) is 3.30. The highest BCUT2D eigenvalue weighted by molar-refractivity contribution is 8.00. The van der Waals surface area contributed by atoms with Crippen LogP contribution in [-0.4, -0.2) is 17.6 Å². The molecule has 3 rings (SSSR count). The van der Waals surface area contributed by atoms with Crippen molar-refractivity contribution in [1.82, 2.24) is 0 Å². The summed E-state index contributed by atoms with van der Waals surface area (Å²) >= 11 is 1.94. The van der Waals surface area contributed by atoms with Gasteiger partial charge in [-0.05, 0) is 30.5 Å². The van der Waals surface area contributed by atoms with E-state index >= 15 is 0 Å². The summed E-state index contributed by atoms with van der Waals surface area (Å²) in [6.07, 6.45) is 6.50. The predicted molar refractivity (Wildman–Crippen MR) is 77.1 cm³/mol. The molecule has 0 unspecified atom stereocenters. The first-order chi connectivity index (χ1) is 8.76. The van der Waals surface area contributed by atoms with E-state index in [4.69, 9.17) is 10.5 Å². The Morgan fingerprint density at radius 2 is 1.72 bits per heavy atom. The average Bonchev–Trinajstić information content (AvgIpc) is 2.35. The molecule has 0 atom stereocenters. The second kappa shape index (κ2) is 5.14. The van der Waals surface area contributed by atoms with E-state index in [0.29, 0.717) is 6.10 Å². The fourth-order valence-electron chi connectivity index (χ4n) is 2.81. The number of ether oxygens (including phenoxy) is 1. The minimum absolute atomic E-state index is 0.0941. The quantitative estimate of drug-likeness (QED) is 0.909. The second-order valence-electron chi connectivity index (χ2n) is 5.52. The summed E-state index contributed by atoms with van der Waals surface area (Å²) in [7, 11) is 0. The standard InChI is InChI=1S/C15H21NOS/c16-15(8-2-1-3-9-15)12-4-6-13(7-5-12)17-14-10-18-11-14/h4-7,14H,1-3,8-11,16H2. The molecule has 2 fully saturated rings. The van der Waals surface area contributed by atoms with Gasteiger partial charge in [-0.3, -0.25) is 0 Å². The molecule has 18 heavy (non-hydrogen) atoms. The number of thioether (sulfide) groups is 1. The van der Waals surface area contributed by atoms with E-state index in [-0.39, 0.29) is 5.54 Å². The Morgan fingerprint density at radius 1 is 1.06 bits per heavy atom. The number of benzene rings is 1. The Hall–Kier alpha value is -0.670. The van der Waals surface area contributed by atoms with Crippen LogP contribution >= 0.6 is 11.8 Å². The van der Waals surface area contributed by atoms with Crippen LogP contribution in [0.5, 0.6) is 5.75 Å². The Kier molecular flexibility index (Phi) is 3.53. The molecule has 1 aromatic rings. The van der Waals surface area contributed by atoms with E-state index in [2.05, 4.69) is 24.3 Å². The van der Waals surface area contributed by atoms with Gasteiger partial charge in [-0.15, -0.1) is 0 Å². The topological polar surface area (TPSA) is 35.2 Å². The van der Waals surface area contributed by atoms with Crippen molar-refractivity contribution in [2.45, 2.75) is 43.7 Å². The maximum absolute atomic E-state index is 6.52. The van der Waals surface area contributed by atoms with E-state index in [9.17, 15) is 0 Å². The maximum Gasteiger partial charge on any atom is 0.119 e. The molecule has 1 aromatic carbocycles. The number of rotatable bonds is 3. The molecule has 0 bridgehead atoms. The van der Waals surface area contributed by atoms with Crippen LogP contribution in [-0.2, 0) is 5.54 Å². The number of hydrogen-bond acceptors (Lipinski definition) is 3. The lowest BCUT2D eigenvalue weighted by atomic mass is 9.77. The van der Waals surface area contributed by atoms with Gasteiger partial charge in [0.25, 0.3) is 0 Å². The van der Waals surface area contributed by atoms with E-state index in [1.54, 1.807) is 0 Å². The van der Waals surface area contributed by atoms with Gasteiger partial charge in [-0.2, -0.15) is 11.8 Å². The lowest BCUT2D eigenvalue weighted by molar-refractivity contribution is 0.240. The van der Waals surface area contributed by atoms with Crippen molar-refractivity contribution in [2.24, 2.45) is 5.73 Å². The van der Waals surface area contributed by atoms with Crippen LogP contribution in [0.4, 0.5) is 0 Å². The highest BCUT2D eigenvalue weighted by Gasteiger charge is 2.29. The van der Waals surface area contributed by atoms with Crippen LogP contribution in [0.2, 0.25) is 0 Å². The van der Waals surface area contributed by atoms with Crippen molar-refractivity contribution < 1.29 is 4.74 Å². The van der Waals surface area contributed by atoms with Crippen molar-refractivity contribution in [3.05, 3.63) is 29.8 Å². The van der Waals surface area contributed by atoms with Gasteiger partial charge in [0.05, 0.1) is 0 Å². The van der Waals surface area contributed by atoms with Gasteiger partial charge in [-0.1, -0.05) is 31.4 Å². The second-order valence-corrected chi connectivity index (χ2v) is 6.59. The van der Waals surface area contributed by atoms with Crippen molar-refractivity contribution in [1.29, 1.82) is 0 Å². The Morgan fingerprint density at radius 3 is 2.28 bits per heavy atom. The van der Waals surface area contributed by atoms with E-state index < -0.39 is 0 Å². The summed E-state index contributed by atoms with van der Waals surface area (Å²) in [5.41, 5.74) is 7.71. The van der Waals surface area contributed by atoms with E-state index in [0.717, 1.165) is 30.1 Å². The molecule has 0 amide bonds. The first-order valence-corrected chi connectivity index (χ1v) is 8.06. The lowest BCUT2D eigenvalue weighted by Gasteiger charge is -2.34. The summed E-state index contributed by atoms with van der Waals surface area (Å²) in [5, 5.41) is 0. The summed E-state index contributed by atoms with van der Waals surface area (Å²) in [5.74, 6) is 3.24. The monoisotopic (exact) mass is 263 g/mol. The minimum Gasteiger partial charge on any atom is -0.489 e. The largest absolute Gasteiger partial charge is 0.489 e. The van der Waals surface area contributed by atoms with Gasteiger partial charge < -0.3 is 10.5 Å². The molecule has 0 aromatic heterocycles. The molecule has 2 N–H and O–H groups in total. The Balaban J connectivity index is 1.69. The van der Waals surface area contributed by atoms with Gasteiger partial charge in [-0.25, -0.2) is 0 Å². The smallest absolute Gasteiger partial charge is 0.119 e. The van der Waals surface area contributed by atoms with E-state index in [1.165, 1.54) is 24.8 Å². The van der Waals surface area contributed by atoms with Gasteiger partial charge >= 0.3 is 0 Å². The molecule has 3 heteroatoms. The number of nitrogens with two attached hydrogens (primary N) is 1.